The molecule has 1 aromatic carbocycles. The monoisotopic (exact) mass is 311 g/mol. The highest BCUT2D eigenvalue weighted by Crippen LogP contribution is 2.38. The van der Waals surface area contributed by atoms with E-state index in [4.69, 9.17) is 11.6 Å². The summed E-state index contributed by atoms with van der Waals surface area (Å²) >= 11 is 6.00. The summed E-state index contributed by atoms with van der Waals surface area (Å²) in [6, 6.07) is 3.87. The molecule has 1 aliphatic carbocycles. The summed E-state index contributed by atoms with van der Waals surface area (Å²) in [6.07, 6.45) is 1.86. The van der Waals surface area contributed by atoms with Crippen LogP contribution in [0.4, 0.5) is 5.69 Å². The van der Waals surface area contributed by atoms with Gasteiger partial charge < -0.3 is 5.11 Å². The molecule has 0 aliphatic heterocycles. The van der Waals surface area contributed by atoms with Gasteiger partial charge in [0.1, 0.15) is 5.41 Å². The van der Waals surface area contributed by atoms with Crippen molar-refractivity contribution < 1.29 is 19.6 Å². The van der Waals surface area contributed by atoms with Crippen molar-refractivity contribution >= 4 is 29.0 Å². The van der Waals surface area contributed by atoms with E-state index < -0.39 is 16.3 Å². The lowest BCUT2D eigenvalue weighted by Gasteiger charge is -2.31. The molecule has 7 heteroatoms. The first-order valence-electron chi connectivity index (χ1n) is 6.56. The van der Waals surface area contributed by atoms with Crippen molar-refractivity contribution in [3.63, 3.8) is 0 Å². The number of hydrogen-bond donors (Lipinski definition) is 1. The Kier molecular flexibility index (Phi) is 4.27. The van der Waals surface area contributed by atoms with E-state index in [9.17, 15) is 24.8 Å². The second kappa shape index (κ2) is 5.81. The molecule has 2 rings (SSSR count). The number of carbonyl (C=O) groups excluding carboxylic acids is 1. The molecular formula is C14H14ClNO5. The average molecular weight is 312 g/mol. The standard InChI is InChI=1S/C14H14ClNO5/c15-11-7-10(16(20)21)5-4-9(11)8-14(13(18)19)6-2-1-3-12(14)17/h4-5,7H,1-3,6,8H2,(H,18,19). The Labute approximate surface area is 125 Å². The lowest BCUT2D eigenvalue weighted by molar-refractivity contribution is -0.384. The van der Waals surface area contributed by atoms with E-state index in [1.165, 1.54) is 18.2 Å². The fourth-order valence-electron chi connectivity index (χ4n) is 2.70. The van der Waals surface area contributed by atoms with Crippen LogP contribution in [-0.2, 0) is 16.0 Å². The van der Waals surface area contributed by atoms with Crippen molar-refractivity contribution in [3.05, 3.63) is 38.9 Å². The third-order valence-electron chi connectivity index (χ3n) is 3.94. The zero-order valence-electron chi connectivity index (χ0n) is 11.2. The van der Waals surface area contributed by atoms with Crippen LogP contribution in [0.15, 0.2) is 18.2 Å². The highest BCUT2D eigenvalue weighted by Gasteiger charge is 2.47. The SMILES string of the molecule is O=C(O)C1(Cc2ccc([N+](=O)[O-])cc2Cl)CCCCC1=O. The first-order chi connectivity index (χ1) is 9.86. The molecule has 1 fully saturated rings. The lowest BCUT2D eigenvalue weighted by atomic mass is 9.69. The number of Topliss-reactive ketones (excluding diaryl/α,β-unsaturated/α-hetero) is 1. The van der Waals surface area contributed by atoms with Crippen LogP contribution in [-0.4, -0.2) is 21.8 Å². The molecule has 0 radical (unpaired) electrons. The number of benzene rings is 1. The summed E-state index contributed by atoms with van der Waals surface area (Å²) in [5.41, 5.74) is -1.18. The molecule has 21 heavy (non-hydrogen) atoms. The van der Waals surface area contributed by atoms with Gasteiger partial charge in [0.05, 0.1) is 9.95 Å². The molecule has 1 atom stereocenters. The molecule has 112 valence electrons. The number of nitro groups is 1. The summed E-state index contributed by atoms with van der Waals surface area (Å²) in [4.78, 5) is 33.8. The summed E-state index contributed by atoms with van der Waals surface area (Å²) in [5.74, 6) is -1.45. The van der Waals surface area contributed by atoms with E-state index in [-0.39, 0.29) is 35.8 Å². The molecular weight excluding hydrogens is 298 g/mol. The Balaban J connectivity index is 2.36. The van der Waals surface area contributed by atoms with Crippen LogP contribution < -0.4 is 0 Å². The lowest BCUT2D eigenvalue weighted by Crippen LogP contribution is -2.43. The average Bonchev–Trinajstić information content (AvgIpc) is 2.43. The molecule has 1 aliphatic rings. The van der Waals surface area contributed by atoms with Crippen LogP contribution >= 0.6 is 11.6 Å². The second-order valence-electron chi connectivity index (χ2n) is 5.23. The summed E-state index contributed by atoms with van der Waals surface area (Å²) < 4.78 is 0. The van der Waals surface area contributed by atoms with Crippen LogP contribution in [0, 0.1) is 15.5 Å². The van der Waals surface area contributed by atoms with Crippen molar-refractivity contribution in [2.75, 3.05) is 0 Å². The summed E-state index contributed by atoms with van der Waals surface area (Å²) in [7, 11) is 0. The molecule has 0 amide bonds. The fraction of sp³-hybridized carbons (Fsp3) is 0.429. The highest BCUT2D eigenvalue weighted by atomic mass is 35.5. The van der Waals surface area contributed by atoms with Gasteiger partial charge in [0, 0.05) is 18.6 Å². The Morgan fingerprint density at radius 1 is 1.43 bits per heavy atom. The predicted molar refractivity (Wildman–Crippen MR) is 75.4 cm³/mol. The quantitative estimate of drug-likeness (QED) is 0.523. The van der Waals surface area contributed by atoms with E-state index in [2.05, 4.69) is 0 Å². The number of rotatable bonds is 4. The topological polar surface area (TPSA) is 97.5 Å². The number of carbonyl (C=O) groups is 2. The van der Waals surface area contributed by atoms with Gasteiger partial charge in [0.2, 0.25) is 0 Å². The van der Waals surface area contributed by atoms with Gasteiger partial charge in [-0.2, -0.15) is 0 Å². The Morgan fingerprint density at radius 2 is 2.14 bits per heavy atom. The van der Waals surface area contributed by atoms with E-state index in [0.29, 0.717) is 18.4 Å². The van der Waals surface area contributed by atoms with Gasteiger partial charge in [-0.1, -0.05) is 24.1 Å². The predicted octanol–water partition coefficient (Wildman–Crippen LogP) is 3.00. The van der Waals surface area contributed by atoms with Gasteiger partial charge in [-0.25, -0.2) is 0 Å². The Bertz CT molecular complexity index is 615. The van der Waals surface area contributed by atoms with Gasteiger partial charge in [-0.05, 0) is 24.8 Å². The van der Waals surface area contributed by atoms with E-state index in [0.717, 1.165) is 0 Å². The minimum Gasteiger partial charge on any atom is -0.480 e. The number of nitrogens with zero attached hydrogens (tertiary/aromatic N) is 1. The number of hydrogen-bond acceptors (Lipinski definition) is 4. The molecule has 1 aromatic rings. The number of halogens is 1. The zero-order valence-corrected chi connectivity index (χ0v) is 11.9. The van der Waals surface area contributed by atoms with Crippen LogP contribution in [0.3, 0.4) is 0 Å². The van der Waals surface area contributed by atoms with Gasteiger partial charge in [0.15, 0.2) is 5.78 Å². The largest absolute Gasteiger partial charge is 0.480 e. The van der Waals surface area contributed by atoms with Crippen LogP contribution in [0.1, 0.15) is 31.2 Å². The number of non-ortho nitro benzene ring substituents is 1. The van der Waals surface area contributed by atoms with E-state index in [1.54, 1.807) is 0 Å². The number of nitro benzene ring substituents is 1. The molecule has 0 aromatic heterocycles. The van der Waals surface area contributed by atoms with Crippen LogP contribution in [0.25, 0.3) is 0 Å². The molecule has 1 N–H and O–H groups in total. The molecule has 6 nitrogen and oxygen atoms in total. The molecule has 0 bridgehead atoms. The fourth-order valence-corrected chi connectivity index (χ4v) is 2.94. The third kappa shape index (κ3) is 2.90. The van der Waals surface area contributed by atoms with E-state index >= 15 is 0 Å². The molecule has 0 spiro atoms. The maximum atomic E-state index is 12.1. The third-order valence-corrected chi connectivity index (χ3v) is 4.29. The first-order valence-corrected chi connectivity index (χ1v) is 6.94. The summed E-state index contributed by atoms with van der Waals surface area (Å²) in [6.45, 7) is 0. The number of ketones is 1. The maximum Gasteiger partial charge on any atom is 0.317 e. The van der Waals surface area contributed by atoms with Crippen LogP contribution in [0.2, 0.25) is 5.02 Å². The molecule has 1 unspecified atom stereocenters. The zero-order chi connectivity index (χ0) is 15.6. The van der Waals surface area contributed by atoms with Gasteiger partial charge in [-0.3, -0.25) is 19.7 Å². The van der Waals surface area contributed by atoms with E-state index in [1.807, 2.05) is 0 Å². The number of carboxylic acids is 1. The number of aliphatic carboxylic acids is 1. The van der Waals surface area contributed by atoms with Gasteiger partial charge in [0.25, 0.3) is 5.69 Å². The molecule has 0 heterocycles. The number of carboxylic acid groups (broad SMARTS) is 1. The minimum atomic E-state index is -1.46. The Hall–Kier alpha value is -1.95. The Morgan fingerprint density at radius 3 is 2.67 bits per heavy atom. The maximum absolute atomic E-state index is 12.1. The summed E-state index contributed by atoms with van der Waals surface area (Å²) in [5, 5.41) is 20.3. The van der Waals surface area contributed by atoms with Crippen LogP contribution in [0.5, 0.6) is 0 Å². The molecule has 1 saturated carbocycles. The van der Waals surface area contributed by atoms with Crippen molar-refractivity contribution in [2.45, 2.75) is 32.1 Å². The van der Waals surface area contributed by atoms with Crippen molar-refractivity contribution in [1.82, 2.24) is 0 Å². The first kappa shape index (κ1) is 15.4. The second-order valence-corrected chi connectivity index (χ2v) is 5.63. The van der Waals surface area contributed by atoms with Crippen molar-refractivity contribution in [3.8, 4) is 0 Å². The molecule has 0 saturated heterocycles. The van der Waals surface area contributed by atoms with Crippen molar-refractivity contribution in [2.24, 2.45) is 5.41 Å². The normalized spacial score (nSPS) is 22.0. The highest BCUT2D eigenvalue weighted by molar-refractivity contribution is 6.31. The van der Waals surface area contributed by atoms with Crippen molar-refractivity contribution in [1.29, 1.82) is 0 Å². The minimum absolute atomic E-state index is 0.0298. The smallest absolute Gasteiger partial charge is 0.317 e. The van der Waals surface area contributed by atoms with Gasteiger partial charge >= 0.3 is 5.97 Å². The van der Waals surface area contributed by atoms with Gasteiger partial charge in [-0.15, -0.1) is 0 Å².